The van der Waals surface area contributed by atoms with E-state index in [-0.39, 0.29) is 5.91 Å². The highest BCUT2D eigenvalue weighted by Gasteiger charge is 2.00. The van der Waals surface area contributed by atoms with Crippen molar-refractivity contribution in [1.29, 1.82) is 0 Å². The molecule has 0 aromatic rings. The van der Waals surface area contributed by atoms with E-state index < -0.39 is 0 Å². The molecule has 0 aromatic carbocycles. The number of rotatable bonds is 14. The lowest BCUT2D eigenvalue weighted by Gasteiger charge is -2.05. The van der Waals surface area contributed by atoms with E-state index in [2.05, 4.69) is 12.2 Å². The van der Waals surface area contributed by atoms with Crippen molar-refractivity contribution in [3.8, 4) is 0 Å². The summed E-state index contributed by atoms with van der Waals surface area (Å²) in [5.41, 5.74) is 5.40. The van der Waals surface area contributed by atoms with E-state index in [1.54, 1.807) is 0 Å². The van der Waals surface area contributed by atoms with E-state index in [9.17, 15) is 4.79 Å². The van der Waals surface area contributed by atoms with Crippen molar-refractivity contribution >= 4 is 5.91 Å². The number of carbonyl (C=O) groups excluding carboxylic acids is 1. The van der Waals surface area contributed by atoms with Gasteiger partial charge in [-0.2, -0.15) is 0 Å². The SMILES string of the molecule is CCCCCCCCCCCC(=O)NCCCCN. The zero-order valence-corrected chi connectivity index (χ0v) is 12.9. The fourth-order valence-corrected chi connectivity index (χ4v) is 2.18. The van der Waals surface area contributed by atoms with Crippen molar-refractivity contribution in [2.24, 2.45) is 5.73 Å². The summed E-state index contributed by atoms with van der Waals surface area (Å²) in [4.78, 5) is 11.5. The molecule has 3 N–H and O–H groups in total. The third kappa shape index (κ3) is 15.4. The van der Waals surface area contributed by atoms with Crippen molar-refractivity contribution < 1.29 is 4.79 Å². The van der Waals surface area contributed by atoms with Gasteiger partial charge in [0.1, 0.15) is 0 Å². The molecule has 0 atom stereocenters. The first kappa shape index (κ1) is 18.4. The number of nitrogens with two attached hydrogens (primary N) is 1. The van der Waals surface area contributed by atoms with Gasteiger partial charge in [-0.3, -0.25) is 4.79 Å². The van der Waals surface area contributed by atoms with Crippen LogP contribution in [0.15, 0.2) is 0 Å². The fourth-order valence-electron chi connectivity index (χ4n) is 2.18. The Morgan fingerprint density at radius 3 is 2.00 bits per heavy atom. The van der Waals surface area contributed by atoms with Crippen LogP contribution in [-0.2, 0) is 4.79 Å². The van der Waals surface area contributed by atoms with Gasteiger partial charge in [-0.1, -0.05) is 58.3 Å². The maximum atomic E-state index is 11.5. The zero-order valence-electron chi connectivity index (χ0n) is 12.9. The Bertz CT molecular complexity index is 195. The normalized spacial score (nSPS) is 10.6. The molecule has 3 heteroatoms. The van der Waals surface area contributed by atoms with Crippen molar-refractivity contribution in [3.63, 3.8) is 0 Å². The Morgan fingerprint density at radius 1 is 0.842 bits per heavy atom. The van der Waals surface area contributed by atoms with Gasteiger partial charge < -0.3 is 11.1 Å². The van der Waals surface area contributed by atoms with Gasteiger partial charge >= 0.3 is 0 Å². The summed E-state index contributed by atoms with van der Waals surface area (Å²) in [7, 11) is 0. The second-order valence-corrected chi connectivity index (χ2v) is 5.42. The largest absolute Gasteiger partial charge is 0.356 e. The topological polar surface area (TPSA) is 55.1 Å². The predicted molar refractivity (Wildman–Crippen MR) is 83.1 cm³/mol. The van der Waals surface area contributed by atoms with E-state index in [1.807, 2.05) is 0 Å². The number of amides is 1. The monoisotopic (exact) mass is 270 g/mol. The lowest BCUT2D eigenvalue weighted by atomic mass is 10.1. The standard InChI is InChI=1S/C16H34N2O/c1-2-3-4-5-6-7-8-9-10-13-16(19)18-15-12-11-14-17/h2-15,17H2,1H3,(H,18,19). The minimum absolute atomic E-state index is 0.208. The van der Waals surface area contributed by atoms with Gasteiger partial charge in [-0.15, -0.1) is 0 Å². The number of unbranched alkanes of at least 4 members (excludes halogenated alkanes) is 9. The minimum Gasteiger partial charge on any atom is -0.356 e. The van der Waals surface area contributed by atoms with E-state index in [4.69, 9.17) is 5.73 Å². The van der Waals surface area contributed by atoms with Gasteiger partial charge in [-0.05, 0) is 25.8 Å². The molecule has 0 unspecified atom stereocenters. The Labute approximate surface area is 119 Å². The maximum absolute atomic E-state index is 11.5. The van der Waals surface area contributed by atoms with Gasteiger partial charge in [0.05, 0.1) is 0 Å². The third-order valence-corrected chi connectivity index (χ3v) is 3.46. The molecule has 0 saturated carbocycles. The molecular formula is C16H34N2O. The molecule has 3 nitrogen and oxygen atoms in total. The summed E-state index contributed by atoms with van der Waals surface area (Å²) < 4.78 is 0. The molecule has 1 amide bonds. The lowest BCUT2D eigenvalue weighted by Crippen LogP contribution is -2.24. The molecule has 0 rings (SSSR count). The molecule has 0 bridgehead atoms. The molecular weight excluding hydrogens is 236 g/mol. The minimum atomic E-state index is 0.208. The quantitative estimate of drug-likeness (QED) is 0.472. The van der Waals surface area contributed by atoms with Gasteiger partial charge in [0.15, 0.2) is 0 Å². The lowest BCUT2D eigenvalue weighted by molar-refractivity contribution is -0.121. The summed E-state index contributed by atoms with van der Waals surface area (Å²) in [5.74, 6) is 0.208. The molecule has 0 aliphatic carbocycles. The number of hydrogen-bond donors (Lipinski definition) is 2. The van der Waals surface area contributed by atoms with Crippen molar-refractivity contribution in [3.05, 3.63) is 0 Å². The molecule has 0 fully saturated rings. The Balaban J connectivity index is 3.10. The molecule has 0 heterocycles. The van der Waals surface area contributed by atoms with Crippen LogP contribution in [-0.4, -0.2) is 19.0 Å². The number of carbonyl (C=O) groups is 1. The van der Waals surface area contributed by atoms with Crippen LogP contribution in [0, 0.1) is 0 Å². The first-order valence-corrected chi connectivity index (χ1v) is 8.28. The van der Waals surface area contributed by atoms with Crippen molar-refractivity contribution in [2.45, 2.75) is 84.0 Å². The summed E-state index contributed by atoms with van der Waals surface area (Å²) in [6, 6.07) is 0. The van der Waals surface area contributed by atoms with Crippen LogP contribution in [0.2, 0.25) is 0 Å². The van der Waals surface area contributed by atoms with Gasteiger partial charge in [0.2, 0.25) is 5.91 Å². The second kappa shape index (κ2) is 15.5. The zero-order chi connectivity index (χ0) is 14.2. The van der Waals surface area contributed by atoms with Crippen LogP contribution < -0.4 is 11.1 Å². The van der Waals surface area contributed by atoms with Crippen molar-refractivity contribution in [2.75, 3.05) is 13.1 Å². The van der Waals surface area contributed by atoms with Crippen LogP contribution in [0.1, 0.15) is 84.0 Å². The van der Waals surface area contributed by atoms with E-state index in [0.29, 0.717) is 13.0 Å². The van der Waals surface area contributed by atoms with Gasteiger partial charge in [0.25, 0.3) is 0 Å². The van der Waals surface area contributed by atoms with E-state index in [1.165, 1.54) is 51.4 Å². The highest BCUT2D eigenvalue weighted by Crippen LogP contribution is 2.10. The van der Waals surface area contributed by atoms with Crippen LogP contribution in [0.4, 0.5) is 0 Å². The second-order valence-electron chi connectivity index (χ2n) is 5.42. The van der Waals surface area contributed by atoms with Crippen molar-refractivity contribution in [1.82, 2.24) is 5.32 Å². The third-order valence-electron chi connectivity index (χ3n) is 3.46. The number of nitrogens with one attached hydrogen (secondary N) is 1. The molecule has 0 aliphatic rings. The Morgan fingerprint density at radius 2 is 1.42 bits per heavy atom. The Kier molecular flexibility index (Phi) is 15.0. The van der Waals surface area contributed by atoms with Crippen LogP contribution >= 0.6 is 0 Å². The maximum Gasteiger partial charge on any atom is 0.219 e. The van der Waals surface area contributed by atoms with Gasteiger partial charge in [-0.25, -0.2) is 0 Å². The fraction of sp³-hybridized carbons (Fsp3) is 0.938. The molecule has 0 spiro atoms. The predicted octanol–water partition coefficient (Wildman–Crippen LogP) is 3.76. The molecule has 0 aromatic heterocycles. The summed E-state index contributed by atoms with van der Waals surface area (Å²) in [5, 5.41) is 2.95. The highest BCUT2D eigenvalue weighted by atomic mass is 16.1. The highest BCUT2D eigenvalue weighted by molar-refractivity contribution is 5.75. The summed E-state index contributed by atoms with van der Waals surface area (Å²) >= 11 is 0. The summed E-state index contributed by atoms with van der Waals surface area (Å²) in [6.45, 7) is 3.75. The molecule has 0 radical (unpaired) electrons. The molecule has 114 valence electrons. The molecule has 19 heavy (non-hydrogen) atoms. The van der Waals surface area contributed by atoms with Gasteiger partial charge in [0, 0.05) is 13.0 Å². The first-order valence-electron chi connectivity index (χ1n) is 8.28. The molecule has 0 aliphatic heterocycles. The average Bonchev–Trinajstić information content (AvgIpc) is 2.42. The van der Waals surface area contributed by atoms with E-state index in [0.717, 1.165) is 25.8 Å². The van der Waals surface area contributed by atoms with E-state index >= 15 is 0 Å². The van der Waals surface area contributed by atoms with Crippen LogP contribution in [0.3, 0.4) is 0 Å². The van der Waals surface area contributed by atoms with Crippen LogP contribution in [0.25, 0.3) is 0 Å². The first-order chi connectivity index (χ1) is 9.31. The number of hydrogen-bond acceptors (Lipinski definition) is 2. The average molecular weight is 270 g/mol. The van der Waals surface area contributed by atoms with Crippen LogP contribution in [0.5, 0.6) is 0 Å². The summed E-state index contributed by atoms with van der Waals surface area (Å²) in [6.07, 6.45) is 14.4. The smallest absolute Gasteiger partial charge is 0.219 e. The Hall–Kier alpha value is -0.570. The molecule has 0 saturated heterocycles.